The van der Waals surface area contributed by atoms with Crippen molar-refractivity contribution in [3.63, 3.8) is 0 Å². The smallest absolute Gasteiger partial charge is 0.238 e. The summed E-state index contributed by atoms with van der Waals surface area (Å²) in [4.78, 5) is 26.0. The molecule has 2 unspecified atom stereocenters. The molecule has 1 aliphatic heterocycles. The molecule has 1 aliphatic rings. The van der Waals surface area contributed by atoms with Gasteiger partial charge in [0.1, 0.15) is 5.82 Å². The third-order valence-corrected chi connectivity index (χ3v) is 6.02. The van der Waals surface area contributed by atoms with Crippen LogP contribution in [0, 0.1) is 11.2 Å². The molecule has 2 N–H and O–H groups in total. The predicted octanol–water partition coefficient (Wildman–Crippen LogP) is 5.19. The van der Waals surface area contributed by atoms with Crippen molar-refractivity contribution in [1.29, 1.82) is 0 Å². The van der Waals surface area contributed by atoms with Gasteiger partial charge < -0.3 is 10.6 Å². The summed E-state index contributed by atoms with van der Waals surface area (Å²) in [5.74, 6) is -0.768. The first kappa shape index (κ1) is 20.7. The minimum Gasteiger partial charge on any atom is -0.349 e. The highest BCUT2D eigenvalue weighted by molar-refractivity contribution is 8.01. The lowest BCUT2D eigenvalue weighted by molar-refractivity contribution is -0.125. The van der Waals surface area contributed by atoms with Gasteiger partial charge in [0.15, 0.2) is 0 Å². The minimum atomic E-state index is -0.525. The molecule has 3 rings (SSSR count). The topological polar surface area (TPSA) is 58.2 Å². The van der Waals surface area contributed by atoms with Gasteiger partial charge in [-0.2, -0.15) is 0 Å². The van der Waals surface area contributed by atoms with Gasteiger partial charge in [-0.1, -0.05) is 44.5 Å². The molecule has 0 aromatic heterocycles. The van der Waals surface area contributed by atoms with E-state index in [1.54, 1.807) is 24.3 Å². The van der Waals surface area contributed by atoms with Crippen molar-refractivity contribution in [1.82, 2.24) is 5.32 Å². The number of benzene rings is 2. The first-order valence-corrected chi connectivity index (χ1v) is 10.2. The number of fused-ring (bicyclic) bond motifs is 1. The minimum absolute atomic E-state index is 0.0480. The molecule has 0 saturated carbocycles. The SMILES string of the molecule is CC(C)(C)C(NC(=O)CC1Sc2ccc(Cl)cc2NC1=O)c1ccc(F)cc1. The van der Waals surface area contributed by atoms with Crippen LogP contribution in [-0.2, 0) is 9.59 Å². The predicted molar refractivity (Wildman–Crippen MR) is 111 cm³/mol. The van der Waals surface area contributed by atoms with Gasteiger partial charge in [-0.25, -0.2) is 4.39 Å². The highest BCUT2D eigenvalue weighted by Crippen LogP contribution is 2.39. The Bertz CT molecular complexity index is 896. The van der Waals surface area contributed by atoms with Crippen LogP contribution in [0.2, 0.25) is 5.02 Å². The fourth-order valence-electron chi connectivity index (χ4n) is 3.10. The number of hydrogen-bond donors (Lipinski definition) is 2. The van der Waals surface area contributed by atoms with Crippen LogP contribution in [0.25, 0.3) is 0 Å². The summed E-state index contributed by atoms with van der Waals surface area (Å²) in [7, 11) is 0. The molecule has 148 valence electrons. The molecule has 0 fully saturated rings. The molecule has 1 heterocycles. The van der Waals surface area contributed by atoms with Crippen molar-refractivity contribution in [3.8, 4) is 0 Å². The molecule has 0 radical (unpaired) electrons. The monoisotopic (exact) mass is 420 g/mol. The Labute approximate surface area is 173 Å². The molecular weight excluding hydrogens is 399 g/mol. The number of halogens is 2. The molecule has 0 saturated heterocycles. The van der Waals surface area contributed by atoms with E-state index in [9.17, 15) is 14.0 Å². The van der Waals surface area contributed by atoms with Gasteiger partial charge in [0, 0.05) is 16.3 Å². The maximum atomic E-state index is 13.3. The lowest BCUT2D eigenvalue weighted by Gasteiger charge is -2.32. The van der Waals surface area contributed by atoms with Crippen molar-refractivity contribution in [2.75, 3.05) is 5.32 Å². The Balaban J connectivity index is 1.72. The molecule has 28 heavy (non-hydrogen) atoms. The zero-order chi connectivity index (χ0) is 20.5. The highest BCUT2D eigenvalue weighted by Gasteiger charge is 2.32. The van der Waals surface area contributed by atoms with Gasteiger partial charge in [0.05, 0.1) is 17.0 Å². The second-order valence-corrected chi connectivity index (χ2v) is 9.54. The second kappa shape index (κ2) is 8.13. The molecule has 0 aliphatic carbocycles. The fourth-order valence-corrected chi connectivity index (χ4v) is 4.36. The number of rotatable bonds is 4. The van der Waals surface area contributed by atoms with Crippen molar-refractivity contribution >= 4 is 40.9 Å². The normalized spacial score (nSPS) is 17.5. The Morgan fingerprint density at radius 2 is 1.93 bits per heavy atom. The summed E-state index contributed by atoms with van der Waals surface area (Å²) in [6, 6.07) is 11.1. The zero-order valence-corrected chi connectivity index (χ0v) is 17.5. The maximum absolute atomic E-state index is 13.3. The molecule has 7 heteroatoms. The fraction of sp³-hybridized carbons (Fsp3) is 0.333. The third-order valence-electron chi connectivity index (χ3n) is 4.51. The lowest BCUT2D eigenvalue weighted by atomic mass is 9.82. The molecule has 0 bridgehead atoms. The van der Waals surface area contributed by atoms with Crippen LogP contribution in [0.1, 0.15) is 38.8 Å². The second-order valence-electron chi connectivity index (χ2n) is 7.86. The standard InChI is InChI=1S/C21H22ClFN2O2S/c1-21(2,3)19(12-4-7-14(23)8-5-12)25-18(26)11-17-20(27)24-15-10-13(22)6-9-16(15)28-17/h4-10,17,19H,11H2,1-3H3,(H,24,27)(H,25,26). The van der Waals surface area contributed by atoms with Crippen LogP contribution in [0.15, 0.2) is 47.4 Å². The number of amides is 2. The lowest BCUT2D eigenvalue weighted by Crippen LogP contribution is -2.40. The largest absolute Gasteiger partial charge is 0.349 e. The Kier molecular flexibility index (Phi) is 6.01. The summed E-state index contributed by atoms with van der Waals surface area (Å²) in [6.45, 7) is 6.01. The Morgan fingerprint density at radius 3 is 2.57 bits per heavy atom. The van der Waals surface area contributed by atoms with Gasteiger partial charge in [0.2, 0.25) is 11.8 Å². The van der Waals surface area contributed by atoms with Crippen molar-refractivity contribution in [3.05, 3.63) is 58.9 Å². The van der Waals surface area contributed by atoms with E-state index in [4.69, 9.17) is 11.6 Å². The Morgan fingerprint density at radius 1 is 1.25 bits per heavy atom. The van der Waals surface area contributed by atoms with E-state index in [2.05, 4.69) is 10.6 Å². The van der Waals surface area contributed by atoms with E-state index in [0.717, 1.165) is 10.5 Å². The maximum Gasteiger partial charge on any atom is 0.238 e. The molecule has 2 aromatic rings. The summed E-state index contributed by atoms with van der Waals surface area (Å²) in [5, 5.41) is 5.85. The van der Waals surface area contributed by atoms with E-state index in [0.29, 0.717) is 10.7 Å². The van der Waals surface area contributed by atoms with Crippen LogP contribution in [0.3, 0.4) is 0 Å². The molecule has 0 spiro atoms. The van der Waals surface area contributed by atoms with Crippen LogP contribution in [-0.4, -0.2) is 17.1 Å². The number of anilines is 1. The number of thioether (sulfide) groups is 1. The number of carbonyl (C=O) groups excluding carboxylic acids is 2. The van der Waals surface area contributed by atoms with Crippen LogP contribution in [0.5, 0.6) is 0 Å². The summed E-state index contributed by atoms with van der Waals surface area (Å²) in [5.41, 5.74) is 1.21. The molecular formula is C21H22ClFN2O2S. The highest BCUT2D eigenvalue weighted by atomic mass is 35.5. The Hall–Kier alpha value is -2.05. The average molecular weight is 421 g/mol. The van der Waals surface area contributed by atoms with E-state index in [1.165, 1.54) is 23.9 Å². The van der Waals surface area contributed by atoms with E-state index >= 15 is 0 Å². The molecule has 2 atom stereocenters. The summed E-state index contributed by atoms with van der Waals surface area (Å²) in [6.07, 6.45) is 0.0480. The van der Waals surface area contributed by atoms with E-state index in [1.807, 2.05) is 26.8 Å². The van der Waals surface area contributed by atoms with Crippen LogP contribution in [0.4, 0.5) is 10.1 Å². The van der Waals surface area contributed by atoms with Crippen LogP contribution >= 0.6 is 23.4 Å². The molecule has 2 aromatic carbocycles. The van der Waals surface area contributed by atoms with Gasteiger partial charge in [0.25, 0.3) is 0 Å². The van der Waals surface area contributed by atoms with Gasteiger partial charge >= 0.3 is 0 Å². The first-order valence-electron chi connectivity index (χ1n) is 8.95. The van der Waals surface area contributed by atoms with Crippen LogP contribution < -0.4 is 10.6 Å². The van der Waals surface area contributed by atoms with E-state index < -0.39 is 5.25 Å². The summed E-state index contributed by atoms with van der Waals surface area (Å²) < 4.78 is 13.3. The number of carbonyl (C=O) groups is 2. The zero-order valence-electron chi connectivity index (χ0n) is 15.9. The molecule has 4 nitrogen and oxygen atoms in total. The summed E-state index contributed by atoms with van der Waals surface area (Å²) >= 11 is 7.32. The van der Waals surface area contributed by atoms with E-state index in [-0.39, 0.29) is 35.5 Å². The van der Waals surface area contributed by atoms with Crippen molar-refractivity contribution in [2.24, 2.45) is 5.41 Å². The number of nitrogens with one attached hydrogen (secondary N) is 2. The first-order chi connectivity index (χ1) is 13.1. The van der Waals surface area contributed by atoms with Crippen molar-refractivity contribution < 1.29 is 14.0 Å². The average Bonchev–Trinajstić information content (AvgIpc) is 2.60. The van der Waals surface area contributed by atoms with Gasteiger partial charge in [-0.05, 0) is 41.3 Å². The number of hydrogen-bond acceptors (Lipinski definition) is 3. The molecule has 2 amide bonds. The third kappa shape index (κ3) is 4.86. The van der Waals surface area contributed by atoms with Gasteiger partial charge in [-0.3, -0.25) is 9.59 Å². The quantitative estimate of drug-likeness (QED) is 0.715. The van der Waals surface area contributed by atoms with Gasteiger partial charge in [-0.15, -0.1) is 11.8 Å². The van der Waals surface area contributed by atoms with Crippen molar-refractivity contribution in [2.45, 2.75) is 43.4 Å².